The van der Waals surface area contributed by atoms with Crippen LogP contribution in [0.4, 0.5) is 4.39 Å². The van der Waals surface area contributed by atoms with Gasteiger partial charge in [0, 0.05) is 17.9 Å². The Hall–Kier alpha value is -1.45. The molecule has 1 atom stereocenters. The molecule has 0 amide bonds. The Labute approximate surface area is 130 Å². The molecule has 0 fully saturated rings. The minimum Gasteiger partial charge on any atom is -0.310 e. The minimum atomic E-state index is -0.370. The summed E-state index contributed by atoms with van der Waals surface area (Å²) < 4.78 is 13.6. The number of nitrogens with zero attached hydrogens (tertiary/aromatic N) is 1. The third kappa shape index (κ3) is 4.51. The smallest absolute Gasteiger partial charge is 0.142 e. The summed E-state index contributed by atoms with van der Waals surface area (Å²) in [4.78, 5) is 4.35. The van der Waals surface area contributed by atoms with Crippen molar-refractivity contribution in [3.63, 3.8) is 0 Å². The van der Waals surface area contributed by atoms with E-state index in [9.17, 15) is 4.39 Å². The molecule has 4 heteroatoms. The summed E-state index contributed by atoms with van der Waals surface area (Å²) in [6, 6.07) is 9.17. The molecule has 0 bridgehead atoms. The van der Waals surface area contributed by atoms with Crippen LogP contribution in [-0.4, -0.2) is 11.5 Å². The van der Waals surface area contributed by atoms with E-state index in [0.29, 0.717) is 6.42 Å². The molecule has 21 heavy (non-hydrogen) atoms. The van der Waals surface area contributed by atoms with Crippen molar-refractivity contribution in [3.05, 3.63) is 64.2 Å². The van der Waals surface area contributed by atoms with Crippen molar-refractivity contribution in [1.29, 1.82) is 0 Å². The van der Waals surface area contributed by atoms with Crippen molar-refractivity contribution in [1.82, 2.24) is 10.3 Å². The molecular weight excluding hydrogens is 287 g/mol. The molecule has 1 N–H and O–H groups in total. The lowest BCUT2D eigenvalue weighted by Gasteiger charge is -2.19. The number of aryl methyl sites for hydroxylation is 1. The van der Waals surface area contributed by atoms with Crippen LogP contribution >= 0.6 is 11.6 Å². The molecule has 112 valence electrons. The summed E-state index contributed by atoms with van der Waals surface area (Å²) in [6.45, 7) is 5.00. The maximum Gasteiger partial charge on any atom is 0.142 e. The predicted molar refractivity (Wildman–Crippen MR) is 85.1 cm³/mol. The van der Waals surface area contributed by atoms with E-state index in [2.05, 4.69) is 23.3 Å². The highest BCUT2D eigenvalue weighted by molar-refractivity contribution is 6.30. The van der Waals surface area contributed by atoms with E-state index < -0.39 is 0 Å². The number of aromatic nitrogens is 1. The van der Waals surface area contributed by atoms with Crippen LogP contribution in [0.15, 0.2) is 36.5 Å². The summed E-state index contributed by atoms with van der Waals surface area (Å²) >= 11 is 5.73. The Morgan fingerprint density at radius 3 is 2.71 bits per heavy atom. The number of hydrogen-bond acceptors (Lipinski definition) is 2. The first kappa shape index (κ1) is 15.9. The zero-order valence-corrected chi connectivity index (χ0v) is 13.1. The fourth-order valence-corrected chi connectivity index (χ4v) is 2.33. The quantitative estimate of drug-likeness (QED) is 0.852. The maximum atomic E-state index is 13.6. The van der Waals surface area contributed by atoms with E-state index in [4.69, 9.17) is 11.6 Å². The first-order chi connectivity index (χ1) is 10.1. The highest BCUT2D eigenvalue weighted by atomic mass is 35.5. The van der Waals surface area contributed by atoms with E-state index in [1.165, 1.54) is 6.07 Å². The van der Waals surface area contributed by atoms with Gasteiger partial charge in [0.15, 0.2) is 0 Å². The van der Waals surface area contributed by atoms with E-state index >= 15 is 0 Å². The molecule has 0 saturated carbocycles. The van der Waals surface area contributed by atoms with Crippen molar-refractivity contribution in [3.8, 4) is 0 Å². The SMILES string of the molecule is CCCNC(Cc1ccc(Cl)c(F)c1)c1ccc(C)nc1. The summed E-state index contributed by atoms with van der Waals surface area (Å²) in [7, 11) is 0. The van der Waals surface area contributed by atoms with Gasteiger partial charge < -0.3 is 5.32 Å². The Kier molecular flexibility index (Phi) is 5.71. The Morgan fingerprint density at radius 2 is 2.10 bits per heavy atom. The highest BCUT2D eigenvalue weighted by Gasteiger charge is 2.13. The lowest BCUT2D eigenvalue weighted by molar-refractivity contribution is 0.525. The average Bonchev–Trinajstić information content (AvgIpc) is 2.48. The van der Waals surface area contributed by atoms with Gasteiger partial charge in [0.25, 0.3) is 0 Å². The number of nitrogens with one attached hydrogen (secondary N) is 1. The summed E-state index contributed by atoms with van der Waals surface area (Å²) in [5.41, 5.74) is 3.03. The Balaban J connectivity index is 2.19. The van der Waals surface area contributed by atoms with Crippen molar-refractivity contribution in [2.75, 3.05) is 6.54 Å². The topological polar surface area (TPSA) is 24.9 Å². The molecule has 0 spiro atoms. The number of pyridine rings is 1. The summed E-state index contributed by atoms with van der Waals surface area (Å²) in [5.74, 6) is -0.370. The molecule has 1 aromatic heterocycles. The maximum absolute atomic E-state index is 13.6. The second kappa shape index (κ2) is 7.53. The third-order valence-corrected chi connectivity index (χ3v) is 3.71. The van der Waals surface area contributed by atoms with E-state index in [1.54, 1.807) is 6.07 Å². The van der Waals surface area contributed by atoms with Gasteiger partial charge in [-0.2, -0.15) is 0 Å². The van der Waals surface area contributed by atoms with Gasteiger partial charge in [0.2, 0.25) is 0 Å². The molecule has 0 saturated heterocycles. The van der Waals surface area contributed by atoms with Gasteiger partial charge >= 0.3 is 0 Å². The molecule has 0 radical (unpaired) electrons. The molecule has 0 aliphatic carbocycles. The standard InChI is InChI=1S/C17H20ClFN2/c1-3-8-20-17(14-6-4-12(2)21-11-14)10-13-5-7-15(18)16(19)9-13/h4-7,9,11,17,20H,3,8,10H2,1-2H3. The lowest BCUT2D eigenvalue weighted by atomic mass is 9.99. The van der Waals surface area contributed by atoms with Crippen molar-refractivity contribution < 1.29 is 4.39 Å². The second-order valence-electron chi connectivity index (χ2n) is 5.19. The van der Waals surface area contributed by atoms with Crippen LogP contribution in [0.2, 0.25) is 5.02 Å². The van der Waals surface area contributed by atoms with Gasteiger partial charge in [-0.25, -0.2) is 4.39 Å². The first-order valence-electron chi connectivity index (χ1n) is 7.20. The van der Waals surface area contributed by atoms with Crippen LogP contribution in [0, 0.1) is 12.7 Å². The monoisotopic (exact) mass is 306 g/mol. The largest absolute Gasteiger partial charge is 0.310 e. The molecule has 2 nitrogen and oxygen atoms in total. The van der Waals surface area contributed by atoms with Crippen LogP contribution in [0.1, 0.15) is 36.2 Å². The molecule has 2 aromatic rings. The van der Waals surface area contributed by atoms with Crippen LogP contribution in [0.25, 0.3) is 0 Å². The predicted octanol–water partition coefficient (Wildman–Crippen LogP) is 4.47. The van der Waals surface area contributed by atoms with Crippen LogP contribution in [0.3, 0.4) is 0 Å². The molecule has 0 aliphatic rings. The third-order valence-electron chi connectivity index (χ3n) is 3.40. The van der Waals surface area contributed by atoms with Crippen molar-refractivity contribution in [2.45, 2.75) is 32.7 Å². The van der Waals surface area contributed by atoms with E-state index in [-0.39, 0.29) is 16.9 Å². The minimum absolute atomic E-state index is 0.124. The number of halogens is 2. The highest BCUT2D eigenvalue weighted by Crippen LogP contribution is 2.21. The van der Waals surface area contributed by atoms with Gasteiger partial charge in [-0.05, 0) is 55.6 Å². The average molecular weight is 307 g/mol. The van der Waals surface area contributed by atoms with E-state index in [0.717, 1.165) is 29.8 Å². The molecule has 1 unspecified atom stereocenters. The van der Waals surface area contributed by atoms with Gasteiger partial charge in [0.05, 0.1) is 5.02 Å². The Morgan fingerprint density at radius 1 is 1.29 bits per heavy atom. The second-order valence-corrected chi connectivity index (χ2v) is 5.60. The summed E-state index contributed by atoms with van der Waals surface area (Å²) in [6.07, 6.45) is 3.64. The fourth-order valence-electron chi connectivity index (χ4n) is 2.21. The lowest BCUT2D eigenvalue weighted by Crippen LogP contribution is -2.24. The number of benzene rings is 1. The number of rotatable bonds is 6. The van der Waals surface area contributed by atoms with E-state index in [1.807, 2.05) is 25.3 Å². The molecule has 0 aliphatic heterocycles. The van der Waals surface area contributed by atoms with Gasteiger partial charge in [-0.1, -0.05) is 30.7 Å². The number of hydrogen-bond donors (Lipinski definition) is 1. The Bertz CT molecular complexity index is 584. The normalized spacial score (nSPS) is 12.4. The van der Waals surface area contributed by atoms with Gasteiger partial charge in [-0.3, -0.25) is 4.98 Å². The van der Waals surface area contributed by atoms with Gasteiger partial charge in [-0.15, -0.1) is 0 Å². The van der Waals surface area contributed by atoms with Gasteiger partial charge in [0.1, 0.15) is 5.82 Å². The summed E-state index contributed by atoms with van der Waals surface area (Å²) in [5, 5.41) is 3.65. The molecule has 1 heterocycles. The van der Waals surface area contributed by atoms with Crippen LogP contribution in [-0.2, 0) is 6.42 Å². The van der Waals surface area contributed by atoms with Crippen LogP contribution < -0.4 is 5.32 Å². The fraction of sp³-hybridized carbons (Fsp3) is 0.353. The van der Waals surface area contributed by atoms with Crippen molar-refractivity contribution in [2.24, 2.45) is 0 Å². The molecule has 1 aromatic carbocycles. The van der Waals surface area contributed by atoms with Crippen LogP contribution in [0.5, 0.6) is 0 Å². The zero-order chi connectivity index (χ0) is 15.2. The van der Waals surface area contributed by atoms with Crippen molar-refractivity contribution >= 4 is 11.6 Å². The molecular formula is C17H20ClFN2. The zero-order valence-electron chi connectivity index (χ0n) is 12.4. The first-order valence-corrected chi connectivity index (χ1v) is 7.57. The molecule has 2 rings (SSSR count).